The lowest BCUT2D eigenvalue weighted by molar-refractivity contribution is -0.137. The van der Waals surface area contributed by atoms with Crippen LogP contribution in [0, 0.1) is 0 Å². The van der Waals surface area contributed by atoms with Crippen LogP contribution in [0.3, 0.4) is 0 Å². The maximum Gasteiger partial charge on any atom is 0.305 e. The van der Waals surface area contributed by atoms with Gasteiger partial charge in [-0.15, -0.1) is 0 Å². The van der Waals surface area contributed by atoms with Crippen LogP contribution >= 0.6 is 0 Å². The predicted octanol–water partition coefficient (Wildman–Crippen LogP) is 2.79. The number of carboxylic acid groups (broad SMARTS) is 1. The number of hydrogen-bond acceptors (Lipinski definition) is 3. The van der Waals surface area contributed by atoms with Gasteiger partial charge in [0.05, 0.1) is 6.42 Å². The number of nitrogens with zero attached hydrogens (tertiary/aromatic N) is 1. The Balaban J connectivity index is 2.30. The van der Waals surface area contributed by atoms with Crippen LogP contribution in [0.1, 0.15) is 71.1 Å². The number of carbonyl (C=O) groups is 2. The molecule has 5 nitrogen and oxygen atoms in total. The smallest absolute Gasteiger partial charge is 0.305 e. The lowest BCUT2D eigenvalue weighted by atomic mass is 10.1. The van der Waals surface area contributed by atoms with Crippen LogP contribution in [0.2, 0.25) is 0 Å². The number of unbranched alkanes of at least 4 members (excludes halogenated alkanes) is 1. The minimum Gasteiger partial charge on any atom is -0.481 e. The molecule has 128 valence electrons. The maximum atomic E-state index is 12.1. The fourth-order valence-electron chi connectivity index (χ4n) is 2.98. The monoisotopic (exact) mass is 312 g/mol. The van der Waals surface area contributed by atoms with Crippen molar-refractivity contribution in [3.8, 4) is 0 Å². The summed E-state index contributed by atoms with van der Waals surface area (Å²) >= 11 is 0. The number of nitrogens with one attached hydrogen (secondary N) is 1. The summed E-state index contributed by atoms with van der Waals surface area (Å²) in [6.45, 7) is 5.03. The molecule has 1 atom stereocenters. The van der Waals surface area contributed by atoms with Crippen LogP contribution in [-0.2, 0) is 9.59 Å². The largest absolute Gasteiger partial charge is 0.481 e. The molecule has 0 radical (unpaired) electrons. The Morgan fingerprint density at radius 2 is 1.77 bits per heavy atom. The molecule has 2 N–H and O–H groups in total. The van der Waals surface area contributed by atoms with Gasteiger partial charge in [0.15, 0.2) is 0 Å². The van der Waals surface area contributed by atoms with Gasteiger partial charge in [0.1, 0.15) is 0 Å². The minimum absolute atomic E-state index is 0.00980. The number of carboxylic acids is 1. The Bertz CT molecular complexity index is 326. The van der Waals surface area contributed by atoms with Crippen molar-refractivity contribution < 1.29 is 14.7 Å². The molecule has 1 unspecified atom stereocenters. The van der Waals surface area contributed by atoms with Crippen LogP contribution in [0.25, 0.3) is 0 Å². The summed E-state index contributed by atoms with van der Waals surface area (Å²) in [5.41, 5.74) is 0. The van der Waals surface area contributed by atoms with E-state index in [0.717, 1.165) is 38.9 Å². The Morgan fingerprint density at radius 1 is 1.14 bits per heavy atom. The van der Waals surface area contributed by atoms with Gasteiger partial charge in [-0.2, -0.15) is 0 Å². The molecule has 1 aliphatic rings. The van der Waals surface area contributed by atoms with E-state index < -0.39 is 5.97 Å². The Kier molecular flexibility index (Phi) is 9.87. The van der Waals surface area contributed by atoms with Crippen molar-refractivity contribution in [2.75, 3.05) is 19.6 Å². The van der Waals surface area contributed by atoms with E-state index in [-0.39, 0.29) is 18.4 Å². The molecule has 0 spiro atoms. The third-order valence-corrected chi connectivity index (χ3v) is 4.30. The molecule has 1 rings (SSSR count). The van der Waals surface area contributed by atoms with E-state index in [9.17, 15) is 9.59 Å². The summed E-state index contributed by atoms with van der Waals surface area (Å²) in [6.07, 6.45) is 9.57. The lowest BCUT2D eigenvalue weighted by Crippen LogP contribution is -2.39. The SMILES string of the molecule is CCCCC(CC(=O)O)NC(=O)CCN1CCCCCCC1. The van der Waals surface area contributed by atoms with Crippen molar-refractivity contribution in [3.05, 3.63) is 0 Å². The van der Waals surface area contributed by atoms with E-state index in [2.05, 4.69) is 17.1 Å². The Labute approximate surface area is 134 Å². The topological polar surface area (TPSA) is 69.6 Å². The number of carbonyl (C=O) groups excluding carboxylic acids is 1. The standard InChI is InChI=1S/C17H32N2O3/c1-2-3-9-15(14-17(21)22)18-16(20)10-13-19-11-7-5-4-6-8-12-19/h15H,2-14H2,1H3,(H,18,20)(H,21,22). The normalized spacial score (nSPS) is 18.2. The van der Waals surface area contributed by atoms with Crippen LogP contribution in [0.5, 0.6) is 0 Å². The zero-order chi connectivity index (χ0) is 16.2. The third-order valence-electron chi connectivity index (χ3n) is 4.30. The fraction of sp³-hybridized carbons (Fsp3) is 0.882. The van der Waals surface area contributed by atoms with Gasteiger partial charge >= 0.3 is 5.97 Å². The highest BCUT2D eigenvalue weighted by Crippen LogP contribution is 2.11. The molecule has 1 amide bonds. The lowest BCUT2D eigenvalue weighted by Gasteiger charge is -2.24. The van der Waals surface area contributed by atoms with E-state index in [1.54, 1.807) is 0 Å². The highest BCUT2D eigenvalue weighted by atomic mass is 16.4. The number of aliphatic carboxylic acids is 1. The van der Waals surface area contributed by atoms with Gasteiger partial charge < -0.3 is 15.3 Å². The molecular formula is C17H32N2O3. The summed E-state index contributed by atoms with van der Waals surface area (Å²) < 4.78 is 0. The molecule has 0 bridgehead atoms. The number of likely N-dealkylation sites (tertiary alicyclic amines) is 1. The maximum absolute atomic E-state index is 12.1. The van der Waals surface area contributed by atoms with E-state index in [4.69, 9.17) is 5.11 Å². The van der Waals surface area contributed by atoms with Crippen LogP contribution in [-0.4, -0.2) is 47.6 Å². The molecule has 1 heterocycles. The van der Waals surface area contributed by atoms with Crippen molar-refractivity contribution in [2.45, 2.75) is 77.2 Å². The van der Waals surface area contributed by atoms with Crippen LogP contribution in [0.15, 0.2) is 0 Å². The average Bonchev–Trinajstić information content (AvgIpc) is 2.43. The highest BCUT2D eigenvalue weighted by Gasteiger charge is 2.16. The highest BCUT2D eigenvalue weighted by molar-refractivity contribution is 5.77. The number of hydrogen-bond donors (Lipinski definition) is 2. The molecule has 5 heteroatoms. The molecule has 1 aliphatic heterocycles. The van der Waals surface area contributed by atoms with E-state index in [1.165, 1.54) is 32.1 Å². The first-order valence-electron chi connectivity index (χ1n) is 8.85. The van der Waals surface area contributed by atoms with E-state index >= 15 is 0 Å². The fourth-order valence-corrected chi connectivity index (χ4v) is 2.98. The van der Waals surface area contributed by atoms with Gasteiger partial charge in [0.25, 0.3) is 0 Å². The molecular weight excluding hydrogens is 280 g/mol. The summed E-state index contributed by atoms with van der Waals surface area (Å²) in [5.74, 6) is -0.852. The van der Waals surface area contributed by atoms with Crippen molar-refractivity contribution in [2.24, 2.45) is 0 Å². The molecule has 22 heavy (non-hydrogen) atoms. The zero-order valence-electron chi connectivity index (χ0n) is 14.0. The van der Waals surface area contributed by atoms with Crippen molar-refractivity contribution in [1.82, 2.24) is 10.2 Å². The first kappa shape index (κ1) is 18.9. The molecule has 0 aromatic heterocycles. The number of amides is 1. The molecule has 0 saturated carbocycles. The molecule has 0 aromatic rings. The van der Waals surface area contributed by atoms with Crippen LogP contribution < -0.4 is 5.32 Å². The quantitative estimate of drug-likeness (QED) is 0.687. The predicted molar refractivity (Wildman–Crippen MR) is 87.9 cm³/mol. The Hall–Kier alpha value is -1.10. The van der Waals surface area contributed by atoms with Crippen molar-refractivity contribution >= 4 is 11.9 Å². The summed E-state index contributed by atoms with van der Waals surface area (Å²) in [4.78, 5) is 25.3. The van der Waals surface area contributed by atoms with E-state index in [0.29, 0.717) is 6.42 Å². The first-order chi connectivity index (χ1) is 10.6. The molecule has 1 saturated heterocycles. The summed E-state index contributed by atoms with van der Waals surface area (Å²) in [6, 6.07) is -0.225. The second-order valence-corrected chi connectivity index (χ2v) is 6.36. The van der Waals surface area contributed by atoms with E-state index in [1.807, 2.05) is 0 Å². The molecule has 0 aromatic carbocycles. The van der Waals surface area contributed by atoms with Crippen LogP contribution in [0.4, 0.5) is 0 Å². The van der Waals surface area contributed by atoms with Gasteiger partial charge in [0, 0.05) is 19.0 Å². The Morgan fingerprint density at radius 3 is 2.36 bits per heavy atom. The van der Waals surface area contributed by atoms with Crippen molar-refractivity contribution in [1.29, 1.82) is 0 Å². The molecule has 0 aliphatic carbocycles. The minimum atomic E-state index is -0.842. The van der Waals surface area contributed by atoms with Gasteiger partial charge in [-0.3, -0.25) is 9.59 Å². The summed E-state index contributed by atoms with van der Waals surface area (Å²) in [5, 5.41) is 11.8. The third kappa shape index (κ3) is 9.03. The number of rotatable bonds is 9. The second kappa shape index (κ2) is 11.5. The first-order valence-corrected chi connectivity index (χ1v) is 8.85. The average molecular weight is 312 g/mol. The van der Waals surface area contributed by atoms with Gasteiger partial charge in [-0.25, -0.2) is 0 Å². The summed E-state index contributed by atoms with van der Waals surface area (Å²) in [7, 11) is 0. The van der Waals surface area contributed by atoms with Crippen molar-refractivity contribution in [3.63, 3.8) is 0 Å². The molecule has 1 fully saturated rings. The zero-order valence-corrected chi connectivity index (χ0v) is 14.0. The second-order valence-electron chi connectivity index (χ2n) is 6.36. The van der Waals surface area contributed by atoms with Gasteiger partial charge in [-0.1, -0.05) is 39.0 Å². The van der Waals surface area contributed by atoms with Gasteiger partial charge in [-0.05, 0) is 32.4 Å². The van der Waals surface area contributed by atoms with Gasteiger partial charge in [0.2, 0.25) is 5.91 Å².